The van der Waals surface area contributed by atoms with Crippen LogP contribution in [-0.2, 0) is 37.5 Å². The van der Waals surface area contributed by atoms with Gasteiger partial charge in [0.15, 0.2) is 6.10 Å². The SMILES string of the molecule is CCCCC/C=C\C/C=C\C/C=C\C/C=C\C/C=C\CCC(=O)OC[C@H](COP(=O)([O-])OCC[N+](C)(C)C)OC(=O)CCC/C=C\C[C@H]1[C@@H](O)CC(=O)[C@@H]1/C=C/[C@@H](O)CCCCC. The Morgan fingerprint density at radius 3 is 1.95 bits per heavy atom. The van der Waals surface area contributed by atoms with Crippen LogP contribution >= 0.6 is 7.82 Å². The molecule has 1 saturated carbocycles. The Morgan fingerprint density at radius 1 is 0.762 bits per heavy atom. The molecule has 1 unspecified atom stereocenters. The number of ether oxygens (including phenoxy) is 2. The van der Waals surface area contributed by atoms with Gasteiger partial charge in [-0.15, -0.1) is 0 Å². The number of aliphatic hydroxyl groups excluding tert-OH is 2. The number of phosphoric ester groups is 1. The van der Waals surface area contributed by atoms with Crippen molar-refractivity contribution in [3.8, 4) is 0 Å². The van der Waals surface area contributed by atoms with Crippen molar-refractivity contribution >= 4 is 25.5 Å². The van der Waals surface area contributed by atoms with Gasteiger partial charge in [-0.05, 0) is 70.6 Å². The number of likely N-dealkylation sites (N-methyl/N-ethyl adjacent to an activating group) is 1. The summed E-state index contributed by atoms with van der Waals surface area (Å²) in [5.41, 5.74) is 0. The summed E-state index contributed by atoms with van der Waals surface area (Å²) in [7, 11) is 0.950. The predicted octanol–water partition coefficient (Wildman–Crippen LogP) is 9.53. The minimum atomic E-state index is -4.72. The van der Waals surface area contributed by atoms with Gasteiger partial charge in [-0.25, -0.2) is 0 Å². The molecule has 0 aromatic rings. The standard InChI is InChI=1S/C50H82NO11P/c1-6-8-10-11-12-13-14-15-16-17-18-19-20-21-22-23-24-25-30-34-49(55)59-41-44(42-61-63(57,58)60-39-38-51(3,4)5)62-50(56)35-31-27-26-29-33-45-46(48(54)40-47(45)53)37-36-43(52)32-28-9-7-2/h12-13,15-16,18-19,21-22,24-26,29,36-37,43-47,52-53H,6-11,14,17,20,23,27-28,30-35,38-42H2,1-5H3/b13-12-,16-15-,19-18-,22-21-,25-24-,29-26-,37-36+/t43-,44+,45+,46+,47-/m0/s1. The van der Waals surface area contributed by atoms with Crippen molar-refractivity contribution in [3.05, 3.63) is 85.1 Å². The molecule has 0 aliphatic heterocycles. The number of rotatable bonds is 37. The molecule has 0 spiro atoms. The first-order chi connectivity index (χ1) is 30.2. The van der Waals surface area contributed by atoms with Gasteiger partial charge in [-0.2, -0.15) is 0 Å². The quantitative estimate of drug-likeness (QED) is 0.0200. The van der Waals surface area contributed by atoms with E-state index < -0.39 is 50.6 Å². The summed E-state index contributed by atoms with van der Waals surface area (Å²) in [4.78, 5) is 50.3. The second-order valence-corrected chi connectivity index (χ2v) is 18.6. The van der Waals surface area contributed by atoms with Crippen molar-refractivity contribution in [1.82, 2.24) is 0 Å². The maximum absolute atomic E-state index is 12.8. The molecule has 0 saturated heterocycles. The van der Waals surface area contributed by atoms with Crippen LogP contribution in [0.4, 0.5) is 0 Å². The lowest BCUT2D eigenvalue weighted by atomic mass is 9.90. The Labute approximate surface area is 380 Å². The highest BCUT2D eigenvalue weighted by molar-refractivity contribution is 7.45. The molecule has 0 amide bonds. The fourth-order valence-electron chi connectivity index (χ4n) is 6.50. The maximum atomic E-state index is 12.8. The van der Waals surface area contributed by atoms with Crippen molar-refractivity contribution in [2.45, 2.75) is 154 Å². The minimum absolute atomic E-state index is 0.0138. The largest absolute Gasteiger partial charge is 0.756 e. The number of esters is 2. The number of nitrogens with zero attached hydrogens (tertiary/aromatic N) is 1. The Morgan fingerprint density at radius 2 is 1.33 bits per heavy atom. The number of Topliss-reactive ketones (excluding diaryl/α,β-unsaturated/α-hetero) is 1. The number of carbonyl (C=O) groups is 3. The van der Waals surface area contributed by atoms with Crippen LogP contribution in [0.1, 0.15) is 136 Å². The normalized spacial score (nSPS) is 19.6. The Hall–Kier alpha value is -3.22. The summed E-state index contributed by atoms with van der Waals surface area (Å²) in [6.07, 6.45) is 39.9. The zero-order valence-electron chi connectivity index (χ0n) is 39.2. The van der Waals surface area contributed by atoms with Crippen LogP contribution in [0.5, 0.6) is 0 Å². The average molecular weight is 904 g/mol. The van der Waals surface area contributed by atoms with Crippen LogP contribution in [0, 0.1) is 11.8 Å². The third kappa shape index (κ3) is 33.0. The lowest BCUT2D eigenvalue weighted by Crippen LogP contribution is -2.37. The molecule has 1 rings (SSSR count). The molecule has 12 nitrogen and oxygen atoms in total. The molecule has 63 heavy (non-hydrogen) atoms. The monoisotopic (exact) mass is 904 g/mol. The van der Waals surface area contributed by atoms with Crippen LogP contribution in [-0.4, -0.2) is 98.2 Å². The number of unbranched alkanes of at least 4 members (excludes halogenated alkanes) is 6. The minimum Gasteiger partial charge on any atom is -0.756 e. The van der Waals surface area contributed by atoms with Gasteiger partial charge in [0.25, 0.3) is 7.82 Å². The van der Waals surface area contributed by atoms with Crippen LogP contribution in [0.2, 0.25) is 0 Å². The molecular weight excluding hydrogens is 822 g/mol. The van der Waals surface area contributed by atoms with E-state index in [0.717, 1.165) is 51.4 Å². The third-order valence-electron chi connectivity index (χ3n) is 10.3. The molecule has 1 fully saturated rings. The molecule has 1 aliphatic rings. The van der Waals surface area contributed by atoms with E-state index in [4.69, 9.17) is 18.5 Å². The summed E-state index contributed by atoms with van der Waals surface area (Å²) in [6, 6.07) is 0. The molecule has 0 bridgehead atoms. The van der Waals surface area contributed by atoms with Crippen LogP contribution in [0.25, 0.3) is 0 Å². The van der Waals surface area contributed by atoms with Gasteiger partial charge in [-0.3, -0.25) is 18.9 Å². The first-order valence-electron chi connectivity index (χ1n) is 23.4. The number of quaternary nitrogens is 1. The molecule has 6 atom stereocenters. The van der Waals surface area contributed by atoms with Crippen molar-refractivity contribution in [2.75, 3.05) is 47.5 Å². The summed E-state index contributed by atoms with van der Waals surface area (Å²) < 4.78 is 33.8. The molecule has 358 valence electrons. The zero-order valence-corrected chi connectivity index (χ0v) is 40.1. The first kappa shape index (κ1) is 57.8. The van der Waals surface area contributed by atoms with Gasteiger partial charge in [0.1, 0.15) is 25.5 Å². The fourth-order valence-corrected chi connectivity index (χ4v) is 7.23. The zero-order chi connectivity index (χ0) is 46.6. The van der Waals surface area contributed by atoms with E-state index in [0.29, 0.717) is 43.1 Å². The molecule has 0 heterocycles. The number of hydrogen-bond acceptors (Lipinski definition) is 11. The van der Waals surface area contributed by atoms with Crippen LogP contribution < -0.4 is 4.89 Å². The van der Waals surface area contributed by atoms with Crippen LogP contribution in [0.3, 0.4) is 0 Å². The molecule has 0 radical (unpaired) electrons. The summed E-state index contributed by atoms with van der Waals surface area (Å²) in [5, 5.41) is 20.8. The molecule has 0 aromatic heterocycles. The number of aliphatic hydroxyl groups is 2. The molecule has 2 N–H and O–H groups in total. The number of phosphoric acid groups is 1. The third-order valence-corrected chi connectivity index (χ3v) is 11.2. The highest BCUT2D eigenvalue weighted by Crippen LogP contribution is 2.38. The van der Waals surface area contributed by atoms with Gasteiger partial charge >= 0.3 is 11.9 Å². The molecule has 1 aliphatic carbocycles. The number of hydrogen-bond donors (Lipinski definition) is 2. The fraction of sp³-hybridized carbons (Fsp3) is 0.660. The topological polar surface area (TPSA) is 169 Å². The molecule has 13 heteroatoms. The number of allylic oxidation sites excluding steroid dienone is 13. The van der Waals surface area contributed by atoms with E-state index in [9.17, 15) is 34.1 Å². The Kier molecular flexibility index (Phi) is 33.1. The van der Waals surface area contributed by atoms with Gasteiger partial charge in [0, 0.05) is 31.1 Å². The van der Waals surface area contributed by atoms with Gasteiger partial charge in [-0.1, -0.05) is 131 Å². The summed E-state index contributed by atoms with van der Waals surface area (Å²) in [5.74, 6) is -1.93. The Bertz CT molecular complexity index is 1510. The number of carbonyl (C=O) groups excluding carboxylic acids is 3. The van der Waals surface area contributed by atoms with E-state index in [1.165, 1.54) is 19.3 Å². The highest BCUT2D eigenvalue weighted by atomic mass is 31.2. The second kappa shape index (κ2) is 36.1. The van der Waals surface area contributed by atoms with Gasteiger partial charge in [0.05, 0.1) is 40.0 Å². The van der Waals surface area contributed by atoms with E-state index >= 15 is 0 Å². The lowest BCUT2D eigenvalue weighted by molar-refractivity contribution is -0.870. The lowest BCUT2D eigenvalue weighted by Gasteiger charge is -2.28. The van der Waals surface area contributed by atoms with Crippen molar-refractivity contribution in [1.29, 1.82) is 0 Å². The highest BCUT2D eigenvalue weighted by Gasteiger charge is 2.39. The smallest absolute Gasteiger partial charge is 0.306 e. The summed E-state index contributed by atoms with van der Waals surface area (Å²) in [6.45, 7) is 3.67. The molecule has 0 aromatic carbocycles. The van der Waals surface area contributed by atoms with Gasteiger partial charge in [0.2, 0.25) is 0 Å². The second-order valence-electron chi connectivity index (χ2n) is 17.2. The van der Waals surface area contributed by atoms with E-state index in [1.807, 2.05) is 45.4 Å². The van der Waals surface area contributed by atoms with E-state index in [-0.39, 0.29) is 44.2 Å². The maximum Gasteiger partial charge on any atom is 0.306 e. The molecular formula is C50H82NO11P. The van der Waals surface area contributed by atoms with E-state index in [1.54, 1.807) is 12.2 Å². The Balaban J connectivity index is 2.54. The van der Waals surface area contributed by atoms with Crippen LogP contribution in [0.15, 0.2) is 85.1 Å². The van der Waals surface area contributed by atoms with E-state index in [2.05, 4.69) is 62.5 Å². The predicted molar refractivity (Wildman–Crippen MR) is 250 cm³/mol. The van der Waals surface area contributed by atoms with Crippen molar-refractivity contribution in [2.24, 2.45) is 11.8 Å². The first-order valence-corrected chi connectivity index (χ1v) is 24.9. The van der Waals surface area contributed by atoms with Gasteiger partial charge < -0.3 is 38.1 Å². The van der Waals surface area contributed by atoms with Crippen molar-refractivity contribution in [3.63, 3.8) is 0 Å². The van der Waals surface area contributed by atoms with Crippen molar-refractivity contribution < 1.29 is 57.1 Å². The average Bonchev–Trinajstić information content (AvgIpc) is 3.50. The summed E-state index contributed by atoms with van der Waals surface area (Å²) >= 11 is 0. The number of ketones is 1.